The summed E-state index contributed by atoms with van der Waals surface area (Å²) in [4.78, 5) is 12.4. The molecule has 0 bridgehead atoms. The van der Waals surface area contributed by atoms with Crippen molar-refractivity contribution in [1.82, 2.24) is 5.32 Å². The van der Waals surface area contributed by atoms with Crippen LogP contribution >= 0.6 is 23.4 Å². The van der Waals surface area contributed by atoms with Gasteiger partial charge in [-0.05, 0) is 37.6 Å². The van der Waals surface area contributed by atoms with Crippen LogP contribution in [0.4, 0.5) is 0 Å². The molecule has 2 aromatic carbocycles. The van der Waals surface area contributed by atoms with E-state index in [2.05, 4.69) is 19.2 Å². The molecule has 1 atom stereocenters. The van der Waals surface area contributed by atoms with Crippen molar-refractivity contribution in [3.8, 4) is 5.75 Å². The summed E-state index contributed by atoms with van der Waals surface area (Å²) in [5, 5.41) is 3.89. The number of nitrogens with one attached hydrogen (secondary N) is 1. The van der Waals surface area contributed by atoms with Crippen molar-refractivity contribution in [1.29, 1.82) is 0 Å². The topological polar surface area (TPSA) is 38.3 Å². The number of carbonyl (C=O) groups excluding carboxylic acids is 1. The summed E-state index contributed by atoms with van der Waals surface area (Å²) in [7, 11) is 0. The molecule has 0 aliphatic carbocycles. The monoisotopic (exact) mass is 375 g/mol. The van der Waals surface area contributed by atoms with Gasteiger partial charge in [0.15, 0.2) is 0 Å². The molecule has 5 heteroatoms. The first-order valence-electron chi connectivity index (χ1n) is 8.32. The number of benzene rings is 2. The van der Waals surface area contributed by atoms with Gasteiger partial charge >= 0.3 is 0 Å². The van der Waals surface area contributed by atoms with Crippen molar-refractivity contribution in [3.63, 3.8) is 0 Å². The Hall–Kier alpha value is -1.65. The Labute approximate surface area is 158 Å². The Morgan fingerprint density at radius 1 is 1.28 bits per heavy atom. The van der Waals surface area contributed by atoms with Crippen molar-refractivity contribution >= 4 is 29.3 Å². The van der Waals surface area contributed by atoms with Crippen LogP contribution in [0.2, 0.25) is 5.02 Å². The predicted molar refractivity (Wildman–Crippen MR) is 104 cm³/mol. The Morgan fingerprint density at radius 2 is 2.08 bits per heavy atom. The summed E-state index contributed by atoms with van der Waals surface area (Å²) in [6.45, 7) is 4.10. The smallest absolute Gasteiger partial charge is 0.230 e. The molecular weight excluding hydrogens is 354 g/mol. The van der Waals surface area contributed by atoms with Gasteiger partial charge < -0.3 is 10.1 Å². The van der Waals surface area contributed by atoms with Crippen molar-refractivity contribution in [2.45, 2.75) is 37.7 Å². The quantitative estimate of drug-likeness (QED) is 0.799. The van der Waals surface area contributed by atoms with E-state index in [1.54, 1.807) is 11.8 Å². The Kier molecular flexibility index (Phi) is 5.60. The summed E-state index contributed by atoms with van der Waals surface area (Å²) in [5.41, 5.74) is 1.89. The van der Waals surface area contributed by atoms with Crippen molar-refractivity contribution in [2.24, 2.45) is 0 Å². The van der Waals surface area contributed by atoms with E-state index < -0.39 is 0 Å². The van der Waals surface area contributed by atoms with Gasteiger partial charge in [-0.1, -0.05) is 41.9 Å². The number of hydrogen-bond acceptors (Lipinski definition) is 3. The highest BCUT2D eigenvalue weighted by atomic mass is 35.5. The molecule has 2 aromatic rings. The molecule has 25 heavy (non-hydrogen) atoms. The molecule has 0 fully saturated rings. The van der Waals surface area contributed by atoms with E-state index >= 15 is 0 Å². The zero-order valence-electron chi connectivity index (χ0n) is 14.4. The average Bonchev–Trinajstić information content (AvgIpc) is 2.54. The van der Waals surface area contributed by atoms with E-state index in [0.717, 1.165) is 34.1 Å². The highest BCUT2D eigenvalue weighted by molar-refractivity contribution is 7.99. The zero-order valence-corrected chi connectivity index (χ0v) is 16.0. The van der Waals surface area contributed by atoms with Crippen LogP contribution in [0.5, 0.6) is 5.75 Å². The number of carbonyl (C=O) groups is 1. The van der Waals surface area contributed by atoms with E-state index in [4.69, 9.17) is 16.3 Å². The molecule has 1 unspecified atom stereocenters. The Morgan fingerprint density at radius 3 is 2.88 bits per heavy atom. The van der Waals surface area contributed by atoms with Crippen molar-refractivity contribution in [2.75, 3.05) is 5.75 Å². The molecule has 1 N–H and O–H groups in total. The SMILES string of the molecule is CC1(C)CC(NC(=O)CSCc2cccc(Cl)c2)c2ccccc2O1. The van der Waals surface area contributed by atoms with Gasteiger partial charge in [0.1, 0.15) is 11.4 Å². The number of amides is 1. The van der Waals surface area contributed by atoms with E-state index in [0.29, 0.717) is 5.75 Å². The molecular formula is C20H22ClNO2S. The van der Waals surface area contributed by atoms with E-state index in [1.807, 2.05) is 48.5 Å². The lowest BCUT2D eigenvalue weighted by atomic mass is 9.90. The molecule has 1 aliphatic rings. The van der Waals surface area contributed by atoms with E-state index in [1.165, 1.54) is 0 Å². The fourth-order valence-corrected chi connectivity index (χ4v) is 4.05. The number of para-hydroxylation sites is 1. The third-order valence-corrected chi connectivity index (χ3v) is 5.34. The van der Waals surface area contributed by atoms with Crippen LogP contribution in [-0.2, 0) is 10.5 Å². The molecule has 1 amide bonds. The highest BCUT2D eigenvalue weighted by Gasteiger charge is 2.34. The second-order valence-corrected chi connectivity index (χ2v) is 8.27. The number of hydrogen-bond donors (Lipinski definition) is 1. The van der Waals surface area contributed by atoms with Crippen LogP contribution in [0.3, 0.4) is 0 Å². The summed E-state index contributed by atoms with van der Waals surface area (Å²) >= 11 is 7.58. The molecule has 0 radical (unpaired) electrons. The van der Waals surface area contributed by atoms with E-state index in [-0.39, 0.29) is 17.6 Å². The van der Waals surface area contributed by atoms with Crippen LogP contribution in [0.25, 0.3) is 0 Å². The first-order valence-corrected chi connectivity index (χ1v) is 9.86. The third kappa shape index (κ3) is 4.93. The zero-order chi connectivity index (χ0) is 17.9. The fraction of sp³-hybridized carbons (Fsp3) is 0.350. The van der Waals surface area contributed by atoms with E-state index in [9.17, 15) is 4.79 Å². The molecule has 0 saturated heterocycles. The van der Waals surface area contributed by atoms with Crippen LogP contribution in [0, 0.1) is 0 Å². The summed E-state index contributed by atoms with van der Waals surface area (Å²) in [5.74, 6) is 2.09. The second-order valence-electron chi connectivity index (χ2n) is 6.85. The number of thioether (sulfide) groups is 1. The first-order chi connectivity index (χ1) is 11.9. The van der Waals surface area contributed by atoms with Gasteiger partial charge in [-0.2, -0.15) is 0 Å². The highest BCUT2D eigenvalue weighted by Crippen LogP contribution is 2.39. The van der Waals surface area contributed by atoms with Crippen LogP contribution in [-0.4, -0.2) is 17.3 Å². The minimum Gasteiger partial charge on any atom is -0.487 e. The minimum absolute atomic E-state index is 0.0146. The van der Waals surface area contributed by atoms with Crippen molar-refractivity contribution < 1.29 is 9.53 Å². The molecule has 3 nitrogen and oxygen atoms in total. The van der Waals surface area contributed by atoms with Gasteiger partial charge in [-0.25, -0.2) is 0 Å². The second kappa shape index (κ2) is 7.71. The fourth-order valence-electron chi connectivity index (χ4n) is 3.06. The largest absolute Gasteiger partial charge is 0.487 e. The van der Waals surface area contributed by atoms with Crippen LogP contribution in [0.1, 0.15) is 37.4 Å². The number of fused-ring (bicyclic) bond motifs is 1. The Bertz CT molecular complexity index is 763. The predicted octanol–water partition coefficient (Wildman–Crippen LogP) is 4.99. The summed E-state index contributed by atoms with van der Waals surface area (Å²) in [6.07, 6.45) is 0.759. The summed E-state index contributed by atoms with van der Waals surface area (Å²) < 4.78 is 6.01. The van der Waals surface area contributed by atoms with Crippen LogP contribution < -0.4 is 10.1 Å². The molecule has 0 aromatic heterocycles. The van der Waals surface area contributed by atoms with Crippen LogP contribution in [0.15, 0.2) is 48.5 Å². The standard InChI is InChI=1S/C20H22ClNO2S/c1-20(2)11-17(16-8-3-4-9-18(16)24-20)22-19(23)13-25-12-14-6-5-7-15(21)10-14/h3-10,17H,11-13H2,1-2H3,(H,22,23). The maximum absolute atomic E-state index is 12.4. The van der Waals surface area contributed by atoms with Gasteiger partial charge in [-0.15, -0.1) is 11.8 Å². The van der Waals surface area contributed by atoms with Gasteiger partial charge in [0.05, 0.1) is 11.8 Å². The normalized spacial score (nSPS) is 18.1. The summed E-state index contributed by atoms with van der Waals surface area (Å²) in [6, 6.07) is 15.6. The number of halogens is 1. The maximum atomic E-state index is 12.4. The molecule has 3 rings (SSSR count). The molecule has 1 heterocycles. The maximum Gasteiger partial charge on any atom is 0.230 e. The molecule has 0 saturated carbocycles. The number of rotatable bonds is 5. The average molecular weight is 376 g/mol. The number of ether oxygens (including phenoxy) is 1. The Balaban J connectivity index is 1.57. The minimum atomic E-state index is -0.291. The van der Waals surface area contributed by atoms with Crippen molar-refractivity contribution in [3.05, 3.63) is 64.7 Å². The molecule has 0 spiro atoms. The van der Waals surface area contributed by atoms with Gasteiger partial charge in [0.25, 0.3) is 0 Å². The van der Waals surface area contributed by atoms with Gasteiger partial charge in [-0.3, -0.25) is 4.79 Å². The molecule has 1 aliphatic heterocycles. The lowest BCUT2D eigenvalue weighted by Gasteiger charge is -2.37. The first kappa shape index (κ1) is 18.2. The lowest BCUT2D eigenvalue weighted by molar-refractivity contribution is -0.119. The third-order valence-electron chi connectivity index (χ3n) is 4.10. The molecule has 132 valence electrons. The van der Waals surface area contributed by atoms with Gasteiger partial charge in [0, 0.05) is 22.8 Å². The lowest BCUT2D eigenvalue weighted by Crippen LogP contribution is -2.41. The van der Waals surface area contributed by atoms with Gasteiger partial charge in [0.2, 0.25) is 5.91 Å².